The van der Waals surface area contributed by atoms with Gasteiger partial charge < -0.3 is 5.73 Å². The maximum Gasteiger partial charge on any atom is 0.241 e. The fourth-order valence-electron chi connectivity index (χ4n) is 3.48. The van der Waals surface area contributed by atoms with Crippen molar-refractivity contribution < 1.29 is 12.8 Å². The van der Waals surface area contributed by atoms with E-state index in [1.807, 2.05) is 30.3 Å². The van der Waals surface area contributed by atoms with Gasteiger partial charge in [-0.2, -0.15) is 0 Å². The van der Waals surface area contributed by atoms with Gasteiger partial charge in [-0.3, -0.25) is 4.98 Å². The fourth-order valence-corrected chi connectivity index (χ4v) is 4.94. The second kappa shape index (κ2) is 8.86. The van der Waals surface area contributed by atoms with E-state index in [9.17, 15) is 12.8 Å². The molecule has 0 spiro atoms. The standard InChI is InChI=1S/C24H21FN4O2S/c1-16(17-7-3-2-4-8-17)29-32(30,31)22-10-6-5-9-19(22)18-11-12-20(21(25)15-18)23-24(26)28-14-13-27-23/h2-16,29H,1H3,(H2,26,28)/t16-/m1/s1. The molecule has 1 atom stereocenters. The van der Waals surface area contributed by atoms with Gasteiger partial charge in [0.25, 0.3) is 0 Å². The summed E-state index contributed by atoms with van der Waals surface area (Å²) in [6.45, 7) is 1.77. The van der Waals surface area contributed by atoms with Crippen molar-refractivity contribution in [2.45, 2.75) is 17.9 Å². The number of anilines is 1. The van der Waals surface area contributed by atoms with Crippen molar-refractivity contribution in [2.24, 2.45) is 0 Å². The van der Waals surface area contributed by atoms with Crippen LogP contribution in [0.1, 0.15) is 18.5 Å². The van der Waals surface area contributed by atoms with Crippen molar-refractivity contribution in [1.82, 2.24) is 14.7 Å². The van der Waals surface area contributed by atoms with Gasteiger partial charge in [-0.1, -0.05) is 54.6 Å². The normalized spacial score (nSPS) is 12.4. The van der Waals surface area contributed by atoms with Gasteiger partial charge in [0.15, 0.2) is 0 Å². The van der Waals surface area contributed by atoms with Crippen LogP contribution in [-0.4, -0.2) is 18.4 Å². The first-order valence-corrected chi connectivity index (χ1v) is 11.4. The number of halogens is 1. The SMILES string of the molecule is C[C@@H](NS(=O)(=O)c1ccccc1-c1ccc(-c2nccnc2N)c(F)c1)c1ccccc1. The zero-order chi connectivity index (χ0) is 22.7. The molecule has 6 nitrogen and oxygen atoms in total. The minimum absolute atomic E-state index is 0.0638. The summed E-state index contributed by atoms with van der Waals surface area (Å²) in [5.41, 5.74) is 7.88. The van der Waals surface area contributed by atoms with E-state index in [0.717, 1.165) is 5.56 Å². The number of aromatic nitrogens is 2. The lowest BCUT2D eigenvalue weighted by Gasteiger charge is -2.17. The molecule has 1 heterocycles. The highest BCUT2D eigenvalue weighted by Crippen LogP contribution is 2.32. The Morgan fingerprint density at radius 3 is 2.31 bits per heavy atom. The third-order valence-corrected chi connectivity index (χ3v) is 6.67. The summed E-state index contributed by atoms with van der Waals surface area (Å²) in [6.07, 6.45) is 2.86. The van der Waals surface area contributed by atoms with Gasteiger partial charge in [-0.15, -0.1) is 0 Å². The molecule has 32 heavy (non-hydrogen) atoms. The van der Waals surface area contributed by atoms with Gasteiger partial charge in [-0.25, -0.2) is 22.5 Å². The van der Waals surface area contributed by atoms with E-state index in [1.165, 1.54) is 30.6 Å². The van der Waals surface area contributed by atoms with Crippen LogP contribution in [0.25, 0.3) is 22.4 Å². The van der Waals surface area contributed by atoms with Crippen molar-refractivity contribution in [3.8, 4) is 22.4 Å². The second-order valence-electron chi connectivity index (χ2n) is 7.23. The molecule has 0 amide bonds. The number of sulfonamides is 1. The largest absolute Gasteiger partial charge is 0.382 e. The van der Waals surface area contributed by atoms with Gasteiger partial charge in [0.2, 0.25) is 10.0 Å². The molecule has 0 unspecified atom stereocenters. The van der Waals surface area contributed by atoms with Crippen molar-refractivity contribution in [1.29, 1.82) is 0 Å². The molecule has 0 aliphatic rings. The van der Waals surface area contributed by atoms with E-state index in [0.29, 0.717) is 11.1 Å². The number of rotatable bonds is 6. The molecule has 0 fully saturated rings. The van der Waals surface area contributed by atoms with Gasteiger partial charge in [0, 0.05) is 29.6 Å². The molecule has 4 rings (SSSR count). The third-order valence-electron chi connectivity index (χ3n) is 5.07. The molecular weight excluding hydrogens is 427 g/mol. The lowest BCUT2D eigenvalue weighted by atomic mass is 10.0. The molecule has 4 aromatic rings. The number of hydrogen-bond acceptors (Lipinski definition) is 5. The molecule has 8 heteroatoms. The summed E-state index contributed by atoms with van der Waals surface area (Å²) >= 11 is 0. The predicted molar refractivity (Wildman–Crippen MR) is 122 cm³/mol. The van der Waals surface area contributed by atoms with E-state index >= 15 is 0 Å². The molecule has 0 saturated heterocycles. The van der Waals surface area contributed by atoms with Gasteiger partial charge in [0.1, 0.15) is 17.3 Å². The van der Waals surface area contributed by atoms with Crippen LogP contribution in [0.4, 0.5) is 10.2 Å². The van der Waals surface area contributed by atoms with Crippen LogP contribution in [0.5, 0.6) is 0 Å². The molecular formula is C24H21FN4O2S. The Morgan fingerprint density at radius 2 is 1.59 bits per heavy atom. The lowest BCUT2D eigenvalue weighted by molar-refractivity contribution is 0.567. The number of nitrogens with two attached hydrogens (primary N) is 1. The number of nitrogen functional groups attached to an aromatic ring is 1. The zero-order valence-corrected chi connectivity index (χ0v) is 18.1. The Morgan fingerprint density at radius 1 is 0.906 bits per heavy atom. The van der Waals surface area contributed by atoms with E-state index in [1.54, 1.807) is 31.2 Å². The van der Waals surface area contributed by atoms with Crippen LogP contribution in [-0.2, 0) is 10.0 Å². The molecule has 162 valence electrons. The van der Waals surface area contributed by atoms with Crippen LogP contribution in [0, 0.1) is 5.82 Å². The summed E-state index contributed by atoms with van der Waals surface area (Å²) in [4.78, 5) is 8.10. The summed E-state index contributed by atoms with van der Waals surface area (Å²) in [5.74, 6) is -0.464. The lowest BCUT2D eigenvalue weighted by Crippen LogP contribution is -2.27. The first kappa shape index (κ1) is 21.6. The summed E-state index contributed by atoms with van der Waals surface area (Å²) in [7, 11) is -3.88. The maximum absolute atomic E-state index is 15.0. The maximum atomic E-state index is 15.0. The molecule has 0 radical (unpaired) electrons. The monoisotopic (exact) mass is 448 g/mol. The molecule has 0 aliphatic carbocycles. The number of hydrogen-bond donors (Lipinski definition) is 2. The second-order valence-corrected chi connectivity index (χ2v) is 8.92. The quantitative estimate of drug-likeness (QED) is 0.450. The first-order chi connectivity index (χ1) is 15.4. The highest BCUT2D eigenvalue weighted by molar-refractivity contribution is 7.89. The van der Waals surface area contributed by atoms with E-state index in [2.05, 4.69) is 14.7 Å². The molecule has 0 saturated carbocycles. The third kappa shape index (κ3) is 4.37. The Balaban J connectivity index is 1.71. The number of nitrogens with one attached hydrogen (secondary N) is 1. The van der Waals surface area contributed by atoms with Crippen LogP contribution in [0.2, 0.25) is 0 Å². The molecule has 1 aromatic heterocycles. The zero-order valence-electron chi connectivity index (χ0n) is 17.2. The summed E-state index contributed by atoms with van der Waals surface area (Å²) in [6, 6.07) is 19.8. The van der Waals surface area contributed by atoms with Crippen LogP contribution in [0.3, 0.4) is 0 Å². The van der Waals surface area contributed by atoms with E-state index in [-0.39, 0.29) is 22.0 Å². The van der Waals surface area contributed by atoms with Crippen LogP contribution >= 0.6 is 0 Å². The van der Waals surface area contributed by atoms with Crippen molar-refractivity contribution in [3.63, 3.8) is 0 Å². The molecule has 3 aromatic carbocycles. The fraction of sp³-hybridized carbons (Fsp3) is 0.0833. The van der Waals surface area contributed by atoms with Gasteiger partial charge in [0.05, 0.1) is 4.90 Å². The van der Waals surface area contributed by atoms with Crippen molar-refractivity contribution in [3.05, 3.63) is 96.6 Å². The highest BCUT2D eigenvalue weighted by Gasteiger charge is 2.23. The topological polar surface area (TPSA) is 98.0 Å². The predicted octanol–water partition coefficient (Wildman–Crippen LogP) is 4.57. The van der Waals surface area contributed by atoms with Gasteiger partial charge in [-0.05, 0) is 36.2 Å². The Bertz CT molecular complexity index is 1360. The van der Waals surface area contributed by atoms with Crippen LogP contribution < -0.4 is 10.5 Å². The number of nitrogens with zero attached hydrogens (tertiary/aromatic N) is 2. The number of benzene rings is 3. The van der Waals surface area contributed by atoms with Crippen LogP contribution in [0.15, 0.2) is 90.1 Å². The molecule has 3 N–H and O–H groups in total. The summed E-state index contributed by atoms with van der Waals surface area (Å²) < 4.78 is 44.1. The Labute approximate surface area is 186 Å². The minimum Gasteiger partial charge on any atom is -0.382 e. The highest BCUT2D eigenvalue weighted by atomic mass is 32.2. The average molecular weight is 449 g/mol. The Hall–Kier alpha value is -3.62. The smallest absolute Gasteiger partial charge is 0.241 e. The summed E-state index contributed by atoms with van der Waals surface area (Å²) in [5, 5.41) is 0. The molecule has 0 aliphatic heterocycles. The van der Waals surface area contributed by atoms with Crippen molar-refractivity contribution in [2.75, 3.05) is 5.73 Å². The first-order valence-electron chi connectivity index (χ1n) is 9.90. The molecule has 0 bridgehead atoms. The minimum atomic E-state index is -3.88. The Kier molecular flexibility index (Phi) is 5.98. The van der Waals surface area contributed by atoms with E-state index < -0.39 is 21.9 Å². The van der Waals surface area contributed by atoms with Crippen molar-refractivity contribution >= 4 is 15.8 Å². The van der Waals surface area contributed by atoms with E-state index in [4.69, 9.17) is 5.73 Å². The average Bonchev–Trinajstić information content (AvgIpc) is 2.80. The van der Waals surface area contributed by atoms with Gasteiger partial charge >= 0.3 is 0 Å².